The zero-order valence-corrected chi connectivity index (χ0v) is 12.2. The number of hydrogen-bond acceptors (Lipinski definition) is 3. The third kappa shape index (κ3) is 3.48. The van der Waals surface area contributed by atoms with Crippen molar-refractivity contribution in [3.05, 3.63) is 47.5 Å². The Morgan fingerprint density at radius 3 is 2.86 bits per heavy atom. The van der Waals surface area contributed by atoms with E-state index < -0.39 is 0 Å². The highest BCUT2D eigenvalue weighted by atomic mass is 16.2. The normalized spacial score (nSPS) is 15.7. The highest BCUT2D eigenvalue weighted by molar-refractivity contribution is 5.90. The Balaban J connectivity index is 1.47. The van der Waals surface area contributed by atoms with Crippen molar-refractivity contribution in [2.75, 3.05) is 6.54 Å². The smallest absolute Gasteiger partial charge is 0.290 e. The summed E-state index contributed by atoms with van der Waals surface area (Å²) in [4.78, 5) is 16.2. The summed E-state index contributed by atoms with van der Waals surface area (Å²) in [6.45, 7) is 2.79. The Labute approximate surface area is 124 Å². The van der Waals surface area contributed by atoms with Gasteiger partial charge in [0.25, 0.3) is 5.91 Å². The average Bonchev–Trinajstić information content (AvgIpc) is 3.25. The number of aromatic nitrogens is 3. The lowest BCUT2D eigenvalue weighted by Gasteiger charge is -2.11. The van der Waals surface area contributed by atoms with Gasteiger partial charge in [0.2, 0.25) is 5.82 Å². The number of H-pyrrole nitrogens is 1. The average molecular weight is 284 g/mol. The van der Waals surface area contributed by atoms with Gasteiger partial charge in [-0.2, -0.15) is 0 Å². The molecule has 0 saturated heterocycles. The van der Waals surface area contributed by atoms with Gasteiger partial charge in [0, 0.05) is 12.5 Å². The minimum atomic E-state index is -0.196. The van der Waals surface area contributed by atoms with Crippen LogP contribution >= 0.6 is 0 Å². The number of rotatable bonds is 6. The van der Waals surface area contributed by atoms with Gasteiger partial charge in [-0.3, -0.25) is 9.89 Å². The molecule has 1 aromatic carbocycles. The molecule has 1 amide bonds. The highest BCUT2D eigenvalue weighted by Gasteiger charge is 2.28. The topological polar surface area (TPSA) is 70.7 Å². The maximum absolute atomic E-state index is 12.0. The molecule has 1 heterocycles. The van der Waals surface area contributed by atoms with Crippen molar-refractivity contribution in [3.8, 4) is 0 Å². The van der Waals surface area contributed by atoms with Crippen molar-refractivity contribution in [1.29, 1.82) is 0 Å². The lowest BCUT2D eigenvalue weighted by Crippen LogP contribution is -2.26. The molecule has 0 radical (unpaired) electrons. The maximum atomic E-state index is 12.0. The van der Waals surface area contributed by atoms with Gasteiger partial charge in [0.1, 0.15) is 5.82 Å². The quantitative estimate of drug-likeness (QED) is 0.856. The van der Waals surface area contributed by atoms with E-state index in [1.54, 1.807) is 0 Å². The molecule has 5 nitrogen and oxygen atoms in total. The summed E-state index contributed by atoms with van der Waals surface area (Å²) in [5, 5.41) is 9.73. The molecule has 1 atom stereocenters. The van der Waals surface area contributed by atoms with Gasteiger partial charge in [0.15, 0.2) is 0 Å². The molecule has 3 rings (SSSR count). The number of amides is 1. The van der Waals surface area contributed by atoms with Crippen LogP contribution in [0.2, 0.25) is 0 Å². The Kier molecular flexibility index (Phi) is 3.99. The van der Waals surface area contributed by atoms with E-state index in [1.807, 2.05) is 18.2 Å². The molecule has 0 spiro atoms. The molecule has 1 saturated carbocycles. The van der Waals surface area contributed by atoms with Gasteiger partial charge >= 0.3 is 0 Å². The summed E-state index contributed by atoms with van der Waals surface area (Å²) in [6, 6.07) is 10.3. The third-order valence-electron chi connectivity index (χ3n) is 3.90. The summed E-state index contributed by atoms with van der Waals surface area (Å²) in [6.07, 6.45) is 3.19. The Bertz CT molecular complexity index is 604. The maximum Gasteiger partial charge on any atom is 0.290 e. The number of benzene rings is 1. The first-order valence-corrected chi connectivity index (χ1v) is 7.49. The Morgan fingerprint density at radius 2 is 2.14 bits per heavy atom. The van der Waals surface area contributed by atoms with Crippen molar-refractivity contribution in [1.82, 2.24) is 20.5 Å². The van der Waals surface area contributed by atoms with Crippen molar-refractivity contribution in [2.24, 2.45) is 0 Å². The van der Waals surface area contributed by atoms with E-state index in [4.69, 9.17) is 0 Å². The van der Waals surface area contributed by atoms with Crippen LogP contribution in [0.5, 0.6) is 0 Å². The standard InChI is InChI=1S/C16H20N4O/c1-11(12-5-3-2-4-6-12)9-10-17-16(21)15-18-14(19-20-15)13-7-8-13/h2-6,11,13H,7-10H2,1H3,(H,17,21)(H,18,19,20). The van der Waals surface area contributed by atoms with E-state index >= 15 is 0 Å². The molecule has 1 aliphatic carbocycles. The van der Waals surface area contributed by atoms with Crippen LogP contribution in [0.15, 0.2) is 30.3 Å². The van der Waals surface area contributed by atoms with Crippen LogP contribution in [0, 0.1) is 0 Å². The van der Waals surface area contributed by atoms with E-state index in [-0.39, 0.29) is 11.7 Å². The summed E-state index contributed by atoms with van der Waals surface area (Å²) < 4.78 is 0. The van der Waals surface area contributed by atoms with Gasteiger partial charge in [-0.15, -0.1) is 5.10 Å². The molecule has 5 heteroatoms. The number of carbonyl (C=O) groups excluding carboxylic acids is 1. The zero-order valence-electron chi connectivity index (χ0n) is 12.2. The fourth-order valence-corrected chi connectivity index (χ4v) is 2.34. The van der Waals surface area contributed by atoms with Gasteiger partial charge in [-0.25, -0.2) is 4.98 Å². The van der Waals surface area contributed by atoms with Crippen molar-refractivity contribution in [2.45, 2.75) is 38.0 Å². The predicted octanol–water partition coefficient (Wildman–Crippen LogP) is 2.61. The molecule has 21 heavy (non-hydrogen) atoms. The third-order valence-corrected chi connectivity index (χ3v) is 3.90. The van der Waals surface area contributed by atoms with Gasteiger partial charge in [0.05, 0.1) is 0 Å². The second kappa shape index (κ2) is 6.08. The molecular formula is C16H20N4O. The molecular weight excluding hydrogens is 264 g/mol. The van der Waals surface area contributed by atoms with Crippen LogP contribution < -0.4 is 5.32 Å². The van der Waals surface area contributed by atoms with E-state index in [1.165, 1.54) is 5.56 Å². The first-order chi connectivity index (χ1) is 10.2. The SMILES string of the molecule is CC(CCNC(=O)c1n[nH]c(C2CC2)n1)c1ccccc1. The molecule has 1 unspecified atom stereocenters. The summed E-state index contributed by atoms with van der Waals surface area (Å²) in [5.41, 5.74) is 1.29. The van der Waals surface area contributed by atoms with Crippen LogP contribution in [-0.4, -0.2) is 27.6 Å². The Hall–Kier alpha value is -2.17. The summed E-state index contributed by atoms with van der Waals surface area (Å²) in [7, 11) is 0. The van der Waals surface area contributed by atoms with Gasteiger partial charge in [-0.1, -0.05) is 37.3 Å². The number of aromatic amines is 1. The van der Waals surface area contributed by atoms with E-state index in [9.17, 15) is 4.79 Å². The van der Waals surface area contributed by atoms with Gasteiger partial charge < -0.3 is 5.32 Å². The number of nitrogens with zero attached hydrogens (tertiary/aromatic N) is 2. The second-order valence-corrected chi connectivity index (χ2v) is 5.67. The first kappa shape index (κ1) is 13.8. The number of carbonyl (C=O) groups is 1. The van der Waals surface area contributed by atoms with E-state index in [2.05, 4.69) is 39.6 Å². The summed E-state index contributed by atoms with van der Waals surface area (Å²) >= 11 is 0. The molecule has 1 aromatic heterocycles. The van der Waals surface area contributed by atoms with Crippen LogP contribution in [0.3, 0.4) is 0 Å². The largest absolute Gasteiger partial charge is 0.349 e. The van der Waals surface area contributed by atoms with Crippen molar-refractivity contribution >= 4 is 5.91 Å². The monoisotopic (exact) mass is 284 g/mol. The molecule has 0 bridgehead atoms. The molecule has 2 aromatic rings. The van der Waals surface area contributed by atoms with Gasteiger partial charge in [-0.05, 0) is 30.7 Å². The minimum Gasteiger partial charge on any atom is -0.349 e. The number of nitrogens with one attached hydrogen (secondary N) is 2. The van der Waals surface area contributed by atoms with Crippen LogP contribution in [0.4, 0.5) is 0 Å². The molecule has 1 fully saturated rings. The first-order valence-electron chi connectivity index (χ1n) is 7.49. The minimum absolute atomic E-state index is 0.196. The van der Waals surface area contributed by atoms with Crippen LogP contribution in [0.1, 0.15) is 60.0 Å². The zero-order chi connectivity index (χ0) is 14.7. The summed E-state index contributed by atoms with van der Waals surface area (Å²) in [5.74, 6) is 1.80. The Morgan fingerprint density at radius 1 is 1.38 bits per heavy atom. The van der Waals surface area contributed by atoms with Crippen molar-refractivity contribution < 1.29 is 4.79 Å². The lowest BCUT2D eigenvalue weighted by molar-refractivity contribution is 0.0942. The molecule has 2 N–H and O–H groups in total. The van der Waals surface area contributed by atoms with Crippen LogP contribution in [0.25, 0.3) is 0 Å². The van der Waals surface area contributed by atoms with Crippen LogP contribution in [-0.2, 0) is 0 Å². The second-order valence-electron chi connectivity index (χ2n) is 5.67. The van der Waals surface area contributed by atoms with E-state index in [0.717, 1.165) is 25.1 Å². The number of hydrogen-bond donors (Lipinski definition) is 2. The molecule has 1 aliphatic rings. The molecule has 110 valence electrons. The van der Waals surface area contributed by atoms with E-state index in [0.29, 0.717) is 18.4 Å². The fourth-order valence-electron chi connectivity index (χ4n) is 2.34. The lowest BCUT2D eigenvalue weighted by atomic mass is 9.98. The highest BCUT2D eigenvalue weighted by Crippen LogP contribution is 2.37. The fraction of sp³-hybridized carbons (Fsp3) is 0.438. The predicted molar refractivity (Wildman–Crippen MR) is 80.2 cm³/mol. The molecule has 0 aliphatic heterocycles. The van der Waals surface area contributed by atoms with Crippen molar-refractivity contribution in [3.63, 3.8) is 0 Å².